The third-order valence-electron chi connectivity index (χ3n) is 6.66. The number of aromatic nitrogens is 2. The second-order valence-electron chi connectivity index (χ2n) is 9.15. The molecule has 2 aromatic carbocycles. The lowest BCUT2D eigenvalue weighted by Crippen LogP contribution is -2.42. The zero-order valence-corrected chi connectivity index (χ0v) is 20.7. The second kappa shape index (κ2) is 8.97. The number of hydrogen-bond acceptors (Lipinski definition) is 5. The van der Waals surface area contributed by atoms with Gasteiger partial charge in [0, 0.05) is 35.9 Å². The SMILES string of the molecule is CCN1C(=O)C(C#N)=C(C)/C(=C\c2cn(-c3ccccc3)nc2-c2cc(C)c3c(c2)CC(C)O3)C1=O. The van der Waals surface area contributed by atoms with Gasteiger partial charge >= 0.3 is 0 Å². The second-order valence-corrected chi connectivity index (χ2v) is 9.15. The van der Waals surface area contributed by atoms with Crippen LogP contribution in [0.2, 0.25) is 0 Å². The number of hydrogen-bond donors (Lipinski definition) is 0. The Balaban J connectivity index is 1.72. The van der Waals surface area contributed by atoms with Crippen LogP contribution in [0.15, 0.2) is 65.4 Å². The number of ether oxygens (including phenoxy) is 1. The molecule has 2 aliphatic heterocycles. The van der Waals surface area contributed by atoms with Crippen molar-refractivity contribution in [1.29, 1.82) is 5.26 Å². The molecule has 7 heteroatoms. The smallest absolute Gasteiger partial charge is 0.271 e. The highest BCUT2D eigenvalue weighted by Gasteiger charge is 2.34. The highest BCUT2D eigenvalue weighted by Crippen LogP contribution is 2.38. The molecule has 180 valence electrons. The predicted octanol–water partition coefficient (Wildman–Crippen LogP) is 4.78. The first-order chi connectivity index (χ1) is 17.3. The molecular formula is C29H26N4O3. The van der Waals surface area contributed by atoms with E-state index in [4.69, 9.17) is 9.84 Å². The molecule has 2 amide bonds. The molecule has 36 heavy (non-hydrogen) atoms. The van der Waals surface area contributed by atoms with Gasteiger partial charge in [0.25, 0.3) is 11.8 Å². The molecule has 7 nitrogen and oxygen atoms in total. The van der Waals surface area contributed by atoms with Gasteiger partial charge in [0.2, 0.25) is 0 Å². The molecule has 3 heterocycles. The molecule has 0 bridgehead atoms. The Kier molecular flexibility index (Phi) is 5.81. The van der Waals surface area contributed by atoms with Crippen LogP contribution in [-0.2, 0) is 16.0 Å². The van der Waals surface area contributed by atoms with Gasteiger partial charge in [0.1, 0.15) is 23.5 Å². The lowest BCUT2D eigenvalue weighted by atomic mass is 9.93. The van der Waals surface area contributed by atoms with E-state index >= 15 is 0 Å². The summed E-state index contributed by atoms with van der Waals surface area (Å²) in [5.41, 5.74) is 6.05. The maximum Gasteiger partial charge on any atom is 0.271 e. The number of carbonyl (C=O) groups excluding carboxylic acids is 2. The van der Waals surface area contributed by atoms with Crippen LogP contribution in [0.4, 0.5) is 0 Å². The number of fused-ring (bicyclic) bond motifs is 1. The topological polar surface area (TPSA) is 88.2 Å². The van der Waals surface area contributed by atoms with Crippen molar-refractivity contribution in [3.8, 4) is 28.8 Å². The van der Waals surface area contributed by atoms with Crippen molar-refractivity contribution in [3.05, 3.63) is 82.1 Å². The van der Waals surface area contributed by atoms with Gasteiger partial charge in [0.05, 0.1) is 11.4 Å². The summed E-state index contributed by atoms with van der Waals surface area (Å²) in [6.45, 7) is 7.63. The maximum absolute atomic E-state index is 13.3. The number of likely N-dealkylation sites (N-methyl/N-ethyl adjacent to an activating group) is 1. The Morgan fingerprint density at radius 2 is 1.92 bits per heavy atom. The zero-order chi connectivity index (χ0) is 25.6. The van der Waals surface area contributed by atoms with Gasteiger partial charge in [-0.1, -0.05) is 18.2 Å². The highest BCUT2D eigenvalue weighted by molar-refractivity contribution is 6.19. The highest BCUT2D eigenvalue weighted by atomic mass is 16.5. The Morgan fingerprint density at radius 3 is 2.61 bits per heavy atom. The van der Waals surface area contributed by atoms with E-state index in [0.717, 1.165) is 45.0 Å². The van der Waals surface area contributed by atoms with Crippen molar-refractivity contribution >= 4 is 17.9 Å². The van der Waals surface area contributed by atoms with E-state index in [1.807, 2.05) is 55.6 Å². The van der Waals surface area contributed by atoms with Crippen LogP contribution in [-0.4, -0.2) is 39.1 Å². The van der Waals surface area contributed by atoms with Crippen molar-refractivity contribution in [2.24, 2.45) is 0 Å². The average molecular weight is 479 g/mol. The van der Waals surface area contributed by atoms with Gasteiger partial charge in [-0.15, -0.1) is 0 Å². The molecule has 0 saturated heterocycles. The summed E-state index contributed by atoms with van der Waals surface area (Å²) in [7, 11) is 0. The summed E-state index contributed by atoms with van der Waals surface area (Å²) in [4.78, 5) is 27.0. The summed E-state index contributed by atoms with van der Waals surface area (Å²) in [6.07, 6.45) is 4.55. The van der Waals surface area contributed by atoms with Gasteiger partial charge in [-0.2, -0.15) is 10.4 Å². The number of para-hydroxylation sites is 1. The van der Waals surface area contributed by atoms with Gasteiger partial charge in [-0.05, 0) is 74.7 Å². The first-order valence-corrected chi connectivity index (χ1v) is 12.0. The third kappa shape index (κ3) is 3.81. The van der Waals surface area contributed by atoms with Crippen LogP contribution in [0.25, 0.3) is 23.0 Å². The Morgan fingerprint density at radius 1 is 1.17 bits per heavy atom. The minimum atomic E-state index is -0.553. The van der Waals surface area contributed by atoms with E-state index in [1.54, 1.807) is 24.6 Å². The minimum absolute atomic E-state index is 0.0146. The van der Waals surface area contributed by atoms with E-state index in [1.165, 1.54) is 0 Å². The summed E-state index contributed by atoms with van der Waals surface area (Å²) >= 11 is 0. The fraction of sp³-hybridized carbons (Fsp3) is 0.241. The van der Waals surface area contributed by atoms with Crippen molar-refractivity contribution in [1.82, 2.24) is 14.7 Å². The quantitative estimate of drug-likeness (QED) is 0.398. The Bertz CT molecular complexity index is 1510. The van der Waals surface area contributed by atoms with Gasteiger partial charge in [0.15, 0.2) is 0 Å². The lowest BCUT2D eigenvalue weighted by Gasteiger charge is -2.26. The third-order valence-corrected chi connectivity index (χ3v) is 6.66. The van der Waals surface area contributed by atoms with E-state index < -0.39 is 11.8 Å². The lowest BCUT2D eigenvalue weighted by molar-refractivity contribution is -0.140. The summed E-state index contributed by atoms with van der Waals surface area (Å²) in [5.74, 6) is -0.0429. The summed E-state index contributed by atoms with van der Waals surface area (Å²) in [5, 5.41) is 14.5. The van der Waals surface area contributed by atoms with Crippen molar-refractivity contribution in [2.45, 2.75) is 40.2 Å². The van der Waals surface area contributed by atoms with Crippen LogP contribution in [0.5, 0.6) is 5.75 Å². The molecular weight excluding hydrogens is 452 g/mol. The number of nitrogens with zero attached hydrogens (tertiary/aromatic N) is 4. The van der Waals surface area contributed by atoms with Crippen molar-refractivity contribution in [3.63, 3.8) is 0 Å². The van der Waals surface area contributed by atoms with E-state index in [2.05, 4.69) is 13.0 Å². The van der Waals surface area contributed by atoms with Gasteiger partial charge < -0.3 is 4.74 Å². The number of benzene rings is 2. The molecule has 1 atom stereocenters. The number of rotatable bonds is 4. The fourth-order valence-corrected chi connectivity index (χ4v) is 4.86. The van der Waals surface area contributed by atoms with E-state index in [-0.39, 0.29) is 18.2 Å². The molecule has 0 aliphatic carbocycles. The maximum atomic E-state index is 13.3. The van der Waals surface area contributed by atoms with E-state index in [0.29, 0.717) is 16.8 Å². The van der Waals surface area contributed by atoms with Gasteiger partial charge in [-0.25, -0.2) is 4.68 Å². The minimum Gasteiger partial charge on any atom is -0.490 e. The number of aryl methyl sites for hydroxylation is 1. The number of carbonyl (C=O) groups is 2. The summed E-state index contributed by atoms with van der Waals surface area (Å²) < 4.78 is 7.77. The van der Waals surface area contributed by atoms with E-state index in [9.17, 15) is 14.9 Å². The van der Waals surface area contributed by atoms with Crippen molar-refractivity contribution < 1.29 is 14.3 Å². The number of amides is 2. The molecule has 5 rings (SSSR count). The monoisotopic (exact) mass is 478 g/mol. The fourth-order valence-electron chi connectivity index (χ4n) is 4.86. The molecule has 0 fully saturated rings. The van der Waals surface area contributed by atoms with Crippen LogP contribution in [0.1, 0.15) is 37.5 Å². The van der Waals surface area contributed by atoms with Crippen LogP contribution in [0, 0.1) is 18.3 Å². The van der Waals surface area contributed by atoms with Crippen molar-refractivity contribution in [2.75, 3.05) is 6.54 Å². The predicted molar refractivity (Wildman–Crippen MR) is 136 cm³/mol. The first kappa shape index (κ1) is 23.3. The van der Waals surface area contributed by atoms with Crippen LogP contribution >= 0.6 is 0 Å². The molecule has 0 radical (unpaired) electrons. The normalized spacial score (nSPS) is 18.5. The molecule has 1 unspecified atom stereocenters. The van der Waals surface area contributed by atoms with Gasteiger partial charge in [-0.3, -0.25) is 14.5 Å². The number of imide groups is 1. The largest absolute Gasteiger partial charge is 0.490 e. The molecule has 3 aromatic rings. The standard InChI is InChI=1S/C29H26N4O3/c1-5-32-28(34)24(19(4)25(15-30)29(32)35)14-22-16-33(23-9-7-6-8-10-23)31-26(22)20-11-17(2)27-21(13-20)12-18(3)36-27/h6-11,13-14,16,18H,5,12H2,1-4H3/b24-14+. The molecule has 0 N–H and O–H groups in total. The molecule has 2 aliphatic rings. The zero-order valence-electron chi connectivity index (χ0n) is 20.7. The van der Waals surface area contributed by atoms with Crippen LogP contribution in [0.3, 0.4) is 0 Å². The Labute approximate surface area is 209 Å². The molecule has 0 spiro atoms. The van der Waals surface area contributed by atoms with Crippen LogP contribution < -0.4 is 4.74 Å². The average Bonchev–Trinajstić information content (AvgIpc) is 3.46. The molecule has 0 saturated carbocycles. The molecule has 1 aromatic heterocycles. The number of nitriles is 1. The Hall–Kier alpha value is -4.44. The first-order valence-electron chi connectivity index (χ1n) is 12.0. The summed E-state index contributed by atoms with van der Waals surface area (Å²) in [6, 6.07) is 15.9.